The standard InChI is InChI=1S/C16H16N4/c17-15-7-6-13(11-20-9-8-18-12-20)10-16(15)19-14-4-2-1-3-5-14/h1-10,12,19H,11,17H2. The van der Waals surface area contributed by atoms with Crippen LogP contribution in [0.4, 0.5) is 17.1 Å². The average molecular weight is 264 g/mol. The number of nitrogens with one attached hydrogen (secondary N) is 1. The second-order valence-corrected chi connectivity index (χ2v) is 4.65. The second kappa shape index (κ2) is 5.48. The number of nitrogens with two attached hydrogens (primary N) is 1. The van der Waals surface area contributed by atoms with Gasteiger partial charge in [-0.1, -0.05) is 24.3 Å². The lowest BCUT2D eigenvalue weighted by atomic mass is 10.1. The molecular weight excluding hydrogens is 248 g/mol. The van der Waals surface area contributed by atoms with E-state index in [2.05, 4.69) is 16.4 Å². The highest BCUT2D eigenvalue weighted by Crippen LogP contribution is 2.24. The summed E-state index contributed by atoms with van der Waals surface area (Å²) in [6.45, 7) is 0.781. The average Bonchev–Trinajstić information content (AvgIpc) is 2.97. The van der Waals surface area contributed by atoms with Gasteiger partial charge >= 0.3 is 0 Å². The second-order valence-electron chi connectivity index (χ2n) is 4.65. The molecule has 0 amide bonds. The maximum atomic E-state index is 6.03. The van der Waals surface area contributed by atoms with E-state index in [1.54, 1.807) is 12.5 Å². The summed E-state index contributed by atoms with van der Waals surface area (Å²) in [5.41, 5.74) is 9.90. The minimum Gasteiger partial charge on any atom is -0.397 e. The number of nitrogen functional groups attached to an aromatic ring is 1. The Morgan fingerprint density at radius 1 is 1.10 bits per heavy atom. The Bertz CT molecular complexity index is 675. The molecule has 0 aliphatic carbocycles. The van der Waals surface area contributed by atoms with Crippen LogP contribution in [0, 0.1) is 0 Å². The molecule has 0 aliphatic rings. The molecule has 0 atom stereocenters. The molecule has 0 saturated heterocycles. The van der Waals surface area contributed by atoms with Gasteiger partial charge in [0.05, 0.1) is 17.7 Å². The van der Waals surface area contributed by atoms with Crippen molar-refractivity contribution in [2.24, 2.45) is 0 Å². The largest absolute Gasteiger partial charge is 0.397 e. The third-order valence-corrected chi connectivity index (χ3v) is 3.09. The van der Waals surface area contributed by atoms with Crippen molar-refractivity contribution in [3.63, 3.8) is 0 Å². The molecule has 2 aromatic carbocycles. The van der Waals surface area contributed by atoms with Crippen molar-refractivity contribution < 1.29 is 0 Å². The Kier molecular flexibility index (Phi) is 3.37. The first kappa shape index (κ1) is 12.3. The molecule has 20 heavy (non-hydrogen) atoms. The van der Waals surface area contributed by atoms with E-state index in [1.165, 1.54) is 5.56 Å². The van der Waals surface area contributed by atoms with Crippen LogP contribution in [0.25, 0.3) is 0 Å². The molecule has 1 aromatic heterocycles. The van der Waals surface area contributed by atoms with Gasteiger partial charge in [0.15, 0.2) is 0 Å². The smallest absolute Gasteiger partial charge is 0.0949 e. The number of hydrogen-bond donors (Lipinski definition) is 2. The van der Waals surface area contributed by atoms with Gasteiger partial charge in [-0.15, -0.1) is 0 Å². The molecule has 0 spiro atoms. The van der Waals surface area contributed by atoms with E-state index in [0.29, 0.717) is 0 Å². The molecular formula is C16H16N4. The van der Waals surface area contributed by atoms with Gasteiger partial charge in [0.2, 0.25) is 0 Å². The maximum absolute atomic E-state index is 6.03. The van der Waals surface area contributed by atoms with Gasteiger partial charge in [-0.3, -0.25) is 0 Å². The van der Waals surface area contributed by atoms with Crippen LogP contribution in [0.15, 0.2) is 67.3 Å². The fourth-order valence-corrected chi connectivity index (χ4v) is 2.08. The van der Waals surface area contributed by atoms with Gasteiger partial charge in [0, 0.05) is 24.6 Å². The Morgan fingerprint density at radius 2 is 1.95 bits per heavy atom. The van der Waals surface area contributed by atoms with Gasteiger partial charge in [-0.2, -0.15) is 0 Å². The van der Waals surface area contributed by atoms with Crippen LogP contribution in [0.3, 0.4) is 0 Å². The molecule has 3 aromatic rings. The summed E-state index contributed by atoms with van der Waals surface area (Å²) in [5.74, 6) is 0. The molecule has 4 heteroatoms. The first-order valence-electron chi connectivity index (χ1n) is 6.47. The van der Waals surface area contributed by atoms with E-state index in [1.807, 2.05) is 53.2 Å². The normalized spacial score (nSPS) is 10.4. The lowest BCUT2D eigenvalue weighted by molar-refractivity contribution is 0.798. The Labute approximate surface area is 117 Å². The van der Waals surface area contributed by atoms with Crippen molar-refractivity contribution in [2.75, 3.05) is 11.1 Å². The van der Waals surface area contributed by atoms with E-state index in [4.69, 9.17) is 5.73 Å². The summed E-state index contributed by atoms with van der Waals surface area (Å²) >= 11 is 0. The fraction of sp³-hybridized carbons (Fsp3) is 0.0625. The summed E-state index contributed by atoms with van der Waals surface area (Å²) < 4.78 is 2.03. The van der Waals surface area contributed by atoms with Gasteiger partial charge in [-0.25, -0.2) is 4.98 Å². The topological polar surface area (TPSA) is 55.9 Å². The molecule has 0 fully saturated rings. The molecule has 100 valence electrons. The summed E-state index contributed by atoms with van der Waals surface area (Å²) in [4.78, 5) is 4.05. The minimum atomic E-state index is 0.739. The number of para-hydroxylation sites is 1. The van der Waals surface area contributed by atoms with E-state index >= 15 is 0 Å². The monoisotopic (exact) mass is 264 g/mol. The molecule has 0 radical (unpaired) electrons. The predicted octanol–water partition coefficient (Wildman–Crippen LogP) is 3.26. The fourth-order valence-electron chi connectivity index (χ4n) is 2.08. The highest BCUT2D eigenvalue weighted by molar-refractivity contribution is 5.73. The van der Waals surface area contributed by atoms with Crippen LogP contribution < -0.4 is 11.1 Å². The number of anilines is 3. The first-order valence-corrected chi connectivity index (χ1v) is 6.47. The molecule has 0 saturated carbocycles. The van der Waals surface area contributed by atoms with Crippen LogP contribution in [0.2, 0.25) is 0 Å². The minimum absolute atomic E-state index is 0.739. The molecule has 3 N–H and O–H groups in total. The van der Waals surface area contributed by atoms with E-state index in [-0.39, 0.29) is 0 Å². The first-order chi connectivity index (χ1) is 9.81. The van der Waals surface area contributed by atoms with Crippen LogP contribution in [0.5, 0.6) is 0 Å². The highest BCUT2D eigenvalue weighted by Gasteiger charge is 2.02. The summed E-state index contributed by atoms with van der Waals surface area (Å²) in [7, 11) is 0. The van der Waals surface area contributed by atoms with Gasteiger partial charge in [0.1, 0.15) is 0 Å². The molecule has 1 heterocycles. The molecule has 0 bridgehead atoms. The predicted molar refractivity (Wildman–Crippen MR) is 81.9 cm³/mol. The Morgan fingerprint density at radius 3 is 2.70 bits per heavy atom. The van der Waals surface area contributed by atoms with Crippen LogP contribution in [-0.2, 0) is 6.54 Å². The number of hydrogen-bond acceptors (Lipinski definition) is 3. The quantitative estimate of drug-likeness (QED) is 0.711. The third kappa shape index (κ3) is 2.80. The van der Waals surface area contributed by atoms with Gasteiger partial charge < -0.3 is 15.6 Å². The third-order valence-electron chi connectivity index (χ3n) is 3.09. The van der Waals surface area contributed by atoms with Gasteiger partial charge in [0.25, 0.3) is 0 Å². The van der Waals surface area contributed by atoms with Crippen LogP contribution >= 0.6 is 0 Å². The van der Waals surface area contributed by atoms with Crippen LogP contribution in [0.1, 0.15) is 5.56 Å². The maximum Gasteiger partial charge on any atom is 0.0949 e. The zero-order valence-electron chi connectivity index (χ0n) is 11.0. The SMILES string of the molecule is Nc1ccc(Cn2ccnc2)cc1Nc1ccccc1. The zero-order valence-corrected chi connectivity index (χ0v) is 11.0. The molecule has 0 aliphatic heterocycles. The molecule has 3 rings (SSSR count). The van der Waals surface area contributed by atoms with Crippen molar-refractivity contribution in [2.45, 2.75) is 6.54 Å². The Hall–Kier alpha value is -2.75. The lowest BCUT2D eigenvalue weighted by Gasteiger charge is -2.11. The highest BCUT2D eigenvalue weighted by atomic mass is 15.0. The van der Waals surface area contributed by atoms with E-state index in [9.17, 15) is 0 Å². The lowest BCUT2D eigenvalue weighted by Crippen LogP contribution is -2.00. The van der Waals surface area contributed by atoms with Gasteiger partial charge in [-0.05, 0) is 29.8 Å². The Balaban J connectivity index is 1.83. The number of benzene rings is 2. The number of aromatic nitrogens is 2. The molecule has 0 unspecified atom stereocenters. The van der Waals surface area contributed by atoms with Crippen molar-refractivity contribution in [3.8, 4) is 0 Å². The molecule has 4 nitrogen and oxygen atoms in total. The zero-order chi connectivity index (χ0) is 13.8. The number of rotatable bonds is 4. The van der Waals surface area contributed by atoms with Crippen LogP contribution in [-0.4, -0.2) is 9.55 Å². The van der Waals surface area contributed by atoms with Crippen molar-refractivity contribution in [1.82, 2.24) is 9.55 Å². The number of imidazole rings is 1. The number of nitrogens with zero attached hydrogens (tertiary/aromatic N) is 2. The summed E-state index contributed by atoms with van der Waals surface area (Å²) in [6, 6.07) is 16.0. The summed E-state index contributed by atoms with van der Waals surface area (Å²) in [5, 5.41) is 3.34. The van der Waals surface area contributed by atoms with Crippen molar-refractivity contribution in [3.05, 3.63) is 72.8 Å². The van der Waals surface area contributed by atoms with Crippen molar-refractivity contribution in [1.29, 1.82) is 0 Å². The van der Waals surface area contributed by atoms with E-state index < -0.39 is 0 Å². The van der Waals surface area contributed by atoms with Crippen molar-refractivity contribution >= 4 is 17.1 Å². The van der Waals surface area contributed by atoms with E-state index in [0.717, 1.165) is 23.6 Å². The summed E-state index contributed by atoms with van der Waals surface area (Å²) in [6.07, 6.45) is 5.53.